The number of likely N-dealkylation sites (tertiary alicyclic amines) is 1. The Balaban J connectivity index is 1.21. The molecule has 9 nitrogen and oxygen atoms in total. The van der Waals surface area contributed by atoms with Crippen molar-refractivity contribution in [3.8, 4) is 0 Å². The van der Waals surface area contributed by atoms with Crippen LogP contribution < -0.4 is 10.2 Å². The van der Waals surface area contributed by atoms with Crippen LogP contribution in [0.1, 0.15) is 62.5 Å². The summed E-state index contributed by atoms with van der Waals surface area (Å²) >= 11 is 0. The van der Waals surface area contributed by atoms with Gasteiger partial charge in [-0.25, -0.2) is 13.4 Å². The number of piperidine rings is 1. The maximum atomic E-state index is 13.3. The minimum Gasteiger partial charge on any atom is -0.395 e. The first-order valence-corrected chi connectivity index (χ1v) is 15.0. The summed E-state index contributed by atoms with van der Waals surface area (Å²) in [7, 11) is -3.44. The zero-order valence-electron chi connectivity index (χ0n) is 21.3. The summed E-state index contributed by atoms with van der Waals surface area (Å²) in [5, 5.41) is 12.0. The van der Waals surface area contributed by atoms with Gasteiger partial charge in [0.05, 0.1) is 22.2 Å². The third-order valence-electron chi connectivity index (χ3n) is 8.74. The third kappa shape index (κ3) is 4.23. The number of aryl methyl sites for hydroxylation is 1. The van der Waals surface area contributed by atoms with Crippen LogP contribution in [0.15, 0.2) is 29.3 Å². The summed E-state index contributed by atoms with van der Waals surface area (Å²) in [6, 6.07) is 5.38. The molecular formula is C27H35N5O4S. The second-order valence-corrected chi connectivity index (χ2v) is 13.3. The topological polar surface area (TPSA) is 116 Å². The van der Waals surface area contributed by atoms with Crippen molar-refractivity contribution < 1.29 is 18.3 Å². The molecule has 2 aromatic rings. The second-order valence-electron chi connectivity index (χ2n) is 11.0. The Morgan fingerprint density at radius 2 is 1.86 bits per heavy atom. The highest BCUT2D eigenvalue weighted by atomic mass is 32.2. The molecular weight excluding hydrogens is 490 g/mol. The van der Waals surface area contributed by atoms with Crippen LogP contribution in [0, 0.1) is 6.92 Å². The summed E-state index contributed by atoms with van der Waals surface area (Å²) in [6.07, 6.45) is 9.01. The molecule has 1 aromatic heterocycles. The highest BCUT2D eigenvalue weighted by Gasteiger charge is 2.61. The molecule has 0 radical (unpaired) electrons. The number of sulfone groups is 1. The molecule has 1 aromatic carbocycles. The average molecular weight is 526 g/mol. The zero-order valence-corrected chi connectivity index (χ0v) is 22.1. The number of benzene rings is 1. The predicted molar refractivity (Wildman–Crippen MR) is 141 cm³/mol. The first-order chi connectivity index (χ1) is 17.8. The molecule has 6 rings (SSSR count). The van der Waals surface area contributed by atoms with Crippen molar-refractivity contribution in [2.75, 3.05) is 36.5 Å². The van der Waals surface area contributed by atoms with Crippen molar-refractivity contribution in [3.63, 3.8) is 0 Å². The van der Waals surface area contributed by atoms with E-state index in [2.05, 4.69) is 15.2 Å². The minimum atomic E-state index is -3.44. The van der Waals surface area contributed by atoms with Gasteiger partial charge >= 0.3 is 0 Å². The van der Waals surface area contributed by atoms with Gasteiger partial charge in [-0.2, -0.15) is 4.98 Å². The Bertz CT molecular complexity index is 1310. The van der Waals surface area contributed by atoms with E-state index in [9.17, 15) is 13.2 Å². The van der Waals surface area contributed by atoms with E-state index in [4.69, 9.17) is 10.1 Å². The normalized spacial score (nSPS) is 22.1. The molecule has 1 amide bonds. The van der Waals surface area contributed by atoms with Gasteiger partial charge in [-0.05, 0) is 82.3 Å². The monoisotopic (exact) mass is 525 g/mol. The first kappa shape index (κ1) is 24.8. The van der Waals surface area contributed by atoms with Gasteiger partial charge in [0, 0.05) is 30.0 Å². The Kier molecular flexibility index (Phi) is 6.24. The molecule has 2 N–H and O–H groups in total. The minimum absolute atomic E-state index is 0.0921. The van der Waals surface area contributed by atoms with Crippen LogP contribution in [0.5, 0.6) is 0 Å². The third-order valence-corrected chi connectivity index (χ3v) is 11.0. The standard InChI is InChI=1S/C27H35N5O4S/c1-18-16-21(37(35,36)20-8-12-31(13-9-20)14-15-33)6-7-23(18)29-26-28-17-22-24(30-26)32(19-4-2-3-5-19)25(34)27(22)10-11-27/h6-7,16-17,19-20,33H,2-5,8-15H2,1H3,(H,28,29,30). The lowest BCUT2D eigenvalue weighted by atomic mass is 10.0. The maximum absolute atomic E-state index is 13.3. The Morgan fingerprint density at radius 3 is 2.51 bits per heavy atom. The number of nitrogens with one attached hydrogen (secondary N) is 1. The fraction of sp³-hybridized carbons (Fsp3) is 0.593. The number of nitrogens with zero attached hydrogens (tertiary/aromatic N) is 4. The summed E-state index contributed by atoms with van der Waals surface area (Å²) in [5.74, 6) is 1.35. The smallest absolute Gasteiger partial charge is 0.239 e. The molecule has 0 bridgehead atoms. The number of β-amino-alcohol motifs (C(OH)–C–C–N with tert-alkyl or cyclic N) is 1. The Hall–Kier alpha value is -2.56. The Morgan fingerprint density at radius 1 is 1.14 bits per heavy atom. The van der Waals surface area contributed by atoms with Crippen molar-refractivity contribution in [1.82, 2.24) is 14.9 Å². The van der Waals surface area contributed by atoms with Crippen molar-refractivity contribution in [2.24, 2.45) is 0 Å². The van der Waals surface area contributed by atoms with Gasteiger partial charge in [0.15, 0.2) is 9.84 Å². The lowest BCUT2D eigenvalue weighted by Gasteiger charge is -2.31. The summed E-state index contributed by atoms with van der Waals surface area (Å²) in [4.78, 5) is 27.1. The van der Waals surface area contributed by atoms with Crippen LogP contribution >= 0.6 is 0 Å². The van der Waals surface area contributed by atoms with Crippen LogP contribution in [0.3, 0.4) is 0 Å². The fourth-order valence-corrected chi connectivity index (χ4v) is 8.17. The molecule has 3 fully saturated rings. The van der Waals surface area contributed by atoms with E-state index in [-0.39, 0.29) is 18.6 Å². The van der Waals surface area contributed by atoms with Gasteiger partial charge in [-0.15, -0.1) is 0 Å². The number of carbonyl (C=O) groups excluding carboxylic acids is 1. The number of fused-ring (bicyclic) bond motifs is 2. The largest absolute Gasteiger partial charge is 0.395 e. The molecule has 3 heterocycles. The molecule has 2 aliphatic carbocycles. The number of anilines is 3. The van der Waals surface area contributed by atoms with Crippen molar-refractivity contribution >= 4 is 33.2 Å². The van der Waals surface area contributed by atoms with E-state index in [0.29, 0.717) is 43.3 Å². The molecule has 0 atom stereocenters. The highest BCUT2D eigenvalue weighted by molar-refractivity contribution is 7.92. The van der Waals surface area contributed by atoms with E-state index in [0.717, 1.165) is 61.2 Å². The van der Waals surface area contributed by atoms with E-state index < -0.39 is 20.5 Å². The first-order valence-electron chi connectivity index (χ1n) is 13.5. The predicted octanol–water partition coefficient (Wildman–Crippen LogP) is 3.08. The number of aliphatic hydroxyl groups is 1. The quantitative estimate of drug-likeness (QED) is 0.567. The van der Waals surface area contributed by atoms with Gasteiger partial charge in [-0.1, -0.05) is 12.8 Å². The molecule has 198 valence electrons. The number of hydrogen-bond donors (Lipinski definition) is 2. The van der Waals surface area contributed by atoms with Crippen molar-refractivity contribution in [2.45, 2.75) is 79.9 Å². The average Bonchev–Trinajstić information content (AvgIpc) is 3.45. The van der Waals surface area contributed by atoms with Crippen molar-refractivity contribution in [3.05, 3.63) is 35.5 Å². The van der Waals surface area contributed by atoms with Crippen molar-refractivity contribution in [1.29, 1.82) is 0 Å². The molecule has 1 spiro atoms. The highest BCUT2D eigenvalue weighted by Crippen LogP contribution is 2.57. The number of carbonyl (C=O) groups is 1. The zero-order chi connectivity index (χ0) is 25.8. The van der Waals surface area contributed by atoms with E-state index in [1.807, 2.05) is 18.0 Å². The van der Waals surface area contributed by atoms with Gasteiger partial charge in [-0.3, -0.25) is 9.69 Å². The summed E-state index contributed by atoms with van der Waals surface area (Å²) in [6.45, 7) is 3.92. The molecule has 0 unspecified atom stereocenters. The van der Waals surface area contributed by atoms with Gasteiger partial charge in [0.2, 0.25) is 11.9 Å². The van der Waals surface area contributed by atoms with Crippen LogP contribution in [0.2, 0.25) is 0 Å². The SMILES string of the molecule is Cc1cc(S(=O)(=O)C2CCN(CCO)CC2)ccc1Nc1ncc2c(n1)N(C1CCCC1)C(=O)C21CC1. The van der Waals surface area contributed by atoms with E-state index in [1.165, 1.54) is 0 Å². The number of aliphatic hydroxyl groups excluding tert-OH is 1. The lowest BCUT2D eigenvalue weighted by Crippen LogP contribution is -2.40. The van der Waals surface area contributed by atoms with Gasteiger partial charge < -0.3 is 15.3 Å². The van der Waals surface area contributed by atoms with Crippen LogP contribution in [-0.4, -0.2) is 71.8 Å². The lowest BCUT2D eigenvalue weighted by molar-refractivity contribution is -0.120. The molecule has 4 aliphatic rings. The van der Waals surface area contributed by atoms with Crippen LogP contribution in [-0.2, 0) is 20.0 Å². The number of rotatable bonds is 7. The maximum Gasteiger partial charge on any atom is 0.239 e. The number of amides is 1. The van der Waals surface area contributed by atoms with E-state index in [1.54, 1.807) is 18.2 Å². The molecule has 2 aliphatic heterocycles. The molecule has 1 saturated heterocycles. The summed E-state index contributed by atoms with van der Waals surface area (Å²) in [5.41, 5.74) is 2.09. The van der Waals surface area contributed by atoms with Crippen LogP contribution in [0.4, 0.5) is 17.5 Å². The fourth-order valence-electron chi connectivity index (χ4n) is 6.36. The van der Waals surface area contributed by atoms with Crippen LogP contribution in [0.25, 0.3) is 0 Å². The second kappa shape index (κ2) is 9.32. The van der Waals surface area contributed by atoms with Gasteiger partial charge in [0.1, 0.15) is 5.82 Å². The molecule has 37 heavy (non-hydrogen) atoms. The van der Waals surface area contributed by atoms with E-state index >= 15 is 0 Å². The molecule has 2 saturated carbocycles. The summed E-state index contributed by atoms with van der Waals surface area (Å²) < 4.78 is 26.6. The number of hydrogen-bond acceptors (Lipinski definition) is 8. The molecule has 10 heteroatoms. The Labute approximate surface area is 218 Å². The number of aromatic nitrogens is 2. The van der Waals surface area contributed by atoms with Gasteiger partial charge in [0.25, 0.3) is 0 Å².